The fraction of sp³-hybridized carbons (Fsp3) is 1.00. The van der Waals surface area contributed by atoms with Crippen LogP contribution in [0.3, 0.4) is 0 Å². The molecule has 0 saturated heterocycles. The van der Waals surface area contributed by atoms with E-state index < -0.39 is 0 Å². The van der Waals surface area contributed by atoms with Crippen LogP contribution in [-0.2, 0) is 0 Å². The molecule has 0 heterocycles. The number of rotatable bonds is 8. The lowest BCUT2D eigenvalue weighted by Crippen LogP contribution is -2.01. The molecule has 0 amide bonds. The maximum absolute atomic E-state index is 5.86. The van der Waals surface area contributed by atoms with E-state index in [4.69, 9.17) is 11.6 Å². The molecule has 0 spiro atoms. The van der Waals surface area contributed by atoms with E-state index in [9.17, 15) is 0 Å². The highest BCUT2D eigenvalue weighted by Gasteiger charge is 2.04. The molecular formula is C11H23Cl. The van der Waals surface area contributed by atoms with Crippen molar-refractivity contribution in [3.05, 3.63) is 0 Å². The molecule has 1 unspecified atom stereocenters. The van der Waals surface area contributed by atoms with Crippen LogP contribution in [0.1, 0.15) is 58.8 Å². The minimum atomic E-state index is 0.786. The zero-order chi connectivity index (χ0) is 9.23. The molecule has 0 aromatic heterocycles. The quantitative estimate of drug-likeness (QED) is 0.387. The Morgan fingerprint density at radius 1 is 0.917 bits per heavy atom. The van der Waals surface area contributed by atoms with Crippen LogP contribution in [0.5, 0.6) is 0 Å². The van der Waals surface area contributed by atoms with Crippen LogP contribution in [0.15, 0.2) is 0 Å². The van der Waals surface area contributed by atoms with E-state index in [0.717, 1.165) is 11.8 Å². The van der Waals surface area contributed by atoms with Crippen LogP contribution in [0.2, 0.25) is 0 Å². The fourth-order valence-corrected chi connectivity index (χ4v) is 1.88. The summed E-state index contributed by atoms with van der Waals surface area (Å²) in [5, 5.41) is 0. The average Bonchev–Trinajstić information content (AvgIpc) is 2.10. The Morgan fingerprint density at radius 2 is 1.67 bits per heavy atom. The monoisotopic (exact) mass is 190 g/mol. The summed E-state index contributed by atoms with van der Waals surface area (Å²) >= 11 is 5.86. The minimum absolute atomic E-state index is 0.786. The summed E-state index contributed by atoms with van der Waals surface area (Å²) in [5.74, 6) is 1.65. The number of hydrogen-bond donors (Lipinski definition) is 0. The Balaban J connectivity index is 3.19. The summed E-state index contributed by atoms with van der Waals surface area (Å²) in [6.45, 7) is 4.50. The smallest absolute Gasteiger partial charge is 0.0251 e. The zero-order valence-corrected chi connectivity index (χ0v) is 9.37. The third kappa shape index (κ3) is 6.97. The molecule has 0 bridgehead atoms. The molecule has 0 aromatic carbocycles. The van der Waals surface area contributed by atoms with E-state index in [2.05, 4.69) is 13.8 Å². The van der Waals surface area contributed by atoms with Gasteiger partial charge in [0.25, 0.3) is 0 Å². The van der Waals surface area contributed by atoms with Crippen LogP contribution in [0.4, 0.5) is 0 Å². The third-order valence-electron chi connectivity index (χ3n) is 2.38. The van der Waals surface area contributed by atoms with Crippen LogP contribution >= 0.6 is 11.6 Å². The first-order chi connectivity index (χ1) is 5.85. The lowest BCUT2D eigenvalue weighted by Gasteiger charge is -2.11. The van der Waals surface area contributed by atoms with Crippen molar-refractivity contribution in [3.63, 3.8) is 0 Å². The van der Waals surface area contributed by atoms with Crippen LogP contribution in [0, 0.1) is 5.92 Å². The van der Waals surface area contributed by atoms with E-state index in [1.807, 2.05) is 0 Å². The van der Waals surface area contributed by atoms with Gasteiger partial charge in [-0.1, -0.05) is 46.0 Å². The van der Waals surface area contributed by atoms with E-state index in [-0.39, 0.29) is 0 Å². The minimum Gasteiger partial charge on any atom is -0.126 e. The second-order valence-electron chi connectivity index (χ2n) is 3.66. The Kier molecular flexibility index (Phi) is 9.61. The van der Waals surface area contributed by atoms with E-state index >= 15 is 0 Å². The molecule has 0 rings (SSSR count). The first-order valence-corrected chi connectivity index (χ1v) is 5.94. The van der Waals surface area contributed by atoms with Gasteiger partial charge in [-0.2, -0.15) is 0 Å². The number of hydrogen-bond acceptors (Lipinski definition) is 0. The zero-order valence-electron chi connectivity index (χ0n) is 8.61. The normalized spacial score (nSPS) is 13.2. The van der Waals surface area contributed by atoms with Gasteiger partial charge in [-0.25, -0.2) is 0 Å². The van der Waals surface area contributed by atoms with Crippen LogP contribution in [0.25, 0.3) is 0 Å². The van der Waals surface area contributed by atoms with Gasteiger partial charge in [0.05, 0.1) is 0 Å². The highest BCUT2D eigenvalue weighted by Crippen LogP contribution is 2.17. The molecule has 74 valence electrons. The van der Waals surface area contributed by atoms with Crippen molar-refractivity contribution in [1.82, 2.24) is 0 Å². The number of alkyl halides is 1. The highest BCUT2D eigenvalue weighted by atomic mass is 35.5. The predicted molar refractivity (Wildman–Crippen MR) is 57.9 cm³/mol. The molecule has 0 N–H and O–H groups in total. The first-order valence-electron chi connectivity index (χ1n) is 5.41. The topological polar surface area (TPSA) is 0 Å². The summed E-state index contributed by atoms with van der Waals surface area (Å²) in [6, 6.07) is 0. The largest absolute Gasteiger partial charge is 0.126 e. The van der Waals surface area contributed by atoms with Crippen LogP contribution < -0.4 is 0 Å². The fourth-order valence-electron chi connectivity index (χ4n) is 1.57. The van der Waals surface area contributed by atoms with Gasteiger partial charge in [-0.3, -0.25) is 0 Å². The molecule has 1 heteroatoms. The van der Waals surface area contributed by atoms with Gasteiger partial charge in [0, 0.05) is 5.88 Å². The summed E-state index contributed by atoms with van der Waals surface area (Å²) in [4.78, 5) is 0. The lowest BCUT2D eigenvalue weighted by atomic mass is 9.98. The Labute approximate surface area is 82.7 Å². The van der Waals surface area contributed by atoms with Crippen molar-refractivity contribution in [3.8, 4) is 0 Å². The van der Waals surface area contributed by atoms with E-state index in [1.54, 1.807) is 0 Å². The number of unbranched alkanes of at least 4 members (excludes halogenated alkanes) is 3. The second-order valence-corrected chi connectivity index (χ2v) is 3.97. The standard InChI is InChI=1S/C11H23Cl/c1-3-5-6-7-9-11(10-12)8-4-2/h11H,3-10H2,1-2H3. The predicted octanol–water partition coefficient (Wildman–Crippen LogP) is 4.61. The van der Waals surface area contributed by atoms with Gasteiger partial charge in [0.1, 0.15) is 0 Å². The molecule has 0 aromatic rings. The molecule has 0 saturated carbocycles. The van der Waals surface area contributed by atoms with Gasteiger partial charge in [-0.05, 0) is 18.8 Å². The molecular weight excluding hydrogens is 168 g/mol. The van der Waals surface area contributed by atoms with Gasteiger partial charge < -0.3 is 0 Å². The molecule has 0 fully saturated rings. The highest BCUT2D eigenvalue weighted by molar-refractivity contribution is 6.18. The van der Waals surface area contributed by atoms with Crippen molar-refractivity contribution < 1.29 is 0 Å². The molecule has 0 aliphatic carbocycles. The molecule has 1 atom stereocenters. The van der Waals surface area contributed by atoms with E-state index in [1.165, 1.54) is 44.9 Å². The van der Waals surface area contributed by atoms with Crippen LogP contribution in [-0.4, -0.2) is 5.88 Å². The van der Waals surface area contributed by atoms with Gasteiger partial charge in [0.15, 0.2) is 0 Å². The lowest BCUT2D eigenvalue weighted by molar-refractivity contribution is 0.460. The Hall–Kier alpha value is 0.290. The molecule has 0 aliphatic rings. The van der Waals surface area contributed by atoms with Crippen molar-refractivity contribution in [2.45, 2.75) is 58.8 Å². The first kappa shape index (κ1) is 12.3. The maximum Gasteiger partial charge on any atom is 0.0251 e. The molecule has 0 aliphatic heterocycles. The van der Waals surface area contributed by atoms with Gasteiger partial charge in [-0.15, -0.1) is 11.6 Å². The summed E-state index contributed by atoms with van der Waals surface area (Å²) in [6.07, 6.45) is 9.44. The molecule has 0 radical (unpaired) electrons. The number of halogens is 1. The average molecular weight is 191 g/mol. The summed E-state index contributed by atoms with van der Waals surface area (Å²) in [5.41, 5.74) is 0. The molecule has 0 nitrogen and oxygen atoms in total. The van der Waals surface area contributed by atoms with E-state index in [0.29, 0.717) is 0 Å². The SMILES string of the molecule is CCCCCCC(CCl)CCC. The Morgan fingerprint density at radius 3 is 2.17 bits per heavy atom. The van der Waals surface area contributed by atoms with Crippen molar-refractivity contribution in [1.29, 1.82) is 0 Å². The summed E-state index contributed by atoms with van der Waals surface area (Å²) < 4.78 is 0. The van der Waals surface area contributed by atoms with Crippen molar-refractivity contribution >= 4 is 11.6 Å². The van der Waals surface area contributed by atoms with Gasteiger partial charge >= 0.3 is 0 Å². The van der Waals surface area contributed by atoms with Crippen molar-refractivity contribution in [2.75, 3.05) is 5.88 Å². The van der Waals surface area contributed by atoms with Crippen molar-refractivity contribution in [2.24, 2.45) is 5.92 Å². The third-order valence-corrected chi connectivity index (χ3v) is 2.82. The Bertz CT molecular complexity index is 81.1. The summed E-state index contributed by atoms with van der Waals surface area (Å²) in [7, 11) is 0. The maximum atomic E-state index is 5.86. The molecule has 12 heavy (non-hydrogen) atoms. The second kappa shape index (κ2) is 9.38. The van der Waals surface area contributed by atoms with Gasteiger partial charge in [0.2, 0.25) is 0 Å².